The fourth-order valence-electron chi connectivity index (χ4n) is 2.87. The SMILES string of the molecule is CN(c1ccccc1C(=O)Nc1ccc(Cl)cc1C(F)(F)F)S(=O)(=O)c1ccccc1. The van der Waals surface area contributed by atoms with Gasteiger partial charge in [0.25, 0.3) is 15.9 Å². The largest absolute Gasteiger partial charge is 0.418 e. The molecule has 0 saturated carbocycles. The highest BCUT2D eigenvalue weighted by molar-refractivity contribution is 7.92. The second-order valence-electron chi connectivity index (χ2n) is 6.44. The summed E-state index contributed by atoms with van der Waals surface area (Å²) in [6.07, 6.45) is -4.75. The van der Waals surface area contributed by atoms with Gasteiger partial charge in [-0.2, -0.15) is 13.2 Å². The number of sulfonamides is 1. The van der Waals surface area contributed by atoms with Crippen molar-refractivity contribution in [2.75, 3.05) is 16.7 Å². The van der Waals surface area contributed by atoms with Gasteiger partial charge in [-0.3, -0.25) is 9.10 Å². The Labute approximate surface area is 182 Å². The molecule has 0 saturated heterocycles. The third-order valence-electron chi connectivity index (χ3n) is 4.42. The Hall–Kier alpha value is -3.04. The minimum atomic E-state index is -4.75. The Morgan fingerprint density at radius 2 is 1.58 bits per heavy atom. The van der Waals surface area contributed by atoms with E-state index in [4.69, 9.17) is 11.6 Å². The Morgan fingerprint density at radius 3 is 2.23 bits per heavy atom. The molecule has 10 heteroatoms. The molecule has 162 valence electrons. The van der Waals surface area contributed by atoms with E-state index in [9.17, 15) is 26.4 Å². The van der Waals surface area contributed by atoms with Gasteiger partial charge >= 0.3 is 6.18 Å². The molecule has 3 aromatic carbocycles. The second kappa shape index (κ2) is 8.60. The molecule has 0 aliphatic carbocycles. The van der Waals surface area contributed by atoms with Crippen molar-refractivity contribution >= 4 is 38.9 Å². The molecule has 5 nitrogen and oxygen atoms in total. The van der Waals surface area contributed by atoms with Gasteiger partial charge in [0.15, 0.2) is 0 Å². The van der Waals surface area contributed by atoms with Crippen molar-refractivity contribution in [3.05, 3.63) is 88.9 Å². The lowest BCUT2D eigenvalue weighted by molar-refractivity contribution is -0.136. The standard InChI is InChI=1S/C21H16ClF3N2O3S/c1-27(31(29,30)15-7-3-2-4-8-15)19-10-6-5-9-16(19)20(28)26-18-12-11-14(22)13-17(18)21(23,24)25/h2-13H,1H3,(H,26,28). The number of carbonyl (C=O) groups excluding carboxylic acids is 1. The van der Waals surface area contributed by atoms with E-state index in [0.29, 0.717) is 6.07 Å². The van der Waals surface area contributed by atoms with E-state index in [2.05, 4.69) is 5.32 Å². The molecule has 1 N–H and O–H groups in total. The maximum Gasteiger partial charge on any atom is 0.418 e. The zero-order chi connectivity index (χ0) is 22.8. The summed E-state index contributed by atoms with van der Waals surface area (Å²) in [6.45, 7) is 0. The molecule has 31 heavy (non-hydrogen) atoms. The third-order valence-corrected chi connectivity index (χ3v) is 6.45. The third kappa shape index (κ3) is 4.83. The predicted molar refractivity (Wildman–Crippen MR) is 113 cm³/mol. The molecule has 0 aliphatic heterocycles. The van der Waals surface area contributed by atoms with E-state index in [0.717, 1.165) is 10.4 Å². The molecule has 0 unspecified atom stereocenters. The van der Waals surface area contributed by atoms with Crippen LogP contribution in [0.25, 0.3) is 0 Å². The number of rotatable bonds is 5. The minimum Gasteiger partial charge on any atom is -0.321 e. The molecular weight excluding hydrogens is 453 g/mol. The van der Waals surface area contributed by atoms with Gasteiger partial charge in [0.1, 0.15) is 0 Å². The lowest BCUT2D eigenvalue weighted by Gasteiger charge is -2.22. The number of para-hydroxylation sites is 1. The fraction of sp³-hybridized carbons (Fsp3) is 0.0952. The number of anilines is 2. The zero-order valence-corrected chi connectivity index (χ0v) is 17.6. The molecule has 0 radical (unpaired) electrons. The molecule has 3 aromatic rings. The van der Waals surface area contributed by atoms with Crippen molar-refractivity contribution in [1.82, 2.24) is 0 Å². The quantitative estimate of drug-likeness (QED) is 0.542. The van der Waals surface area contributed by atoms with E-state index >= 15 is 0 Å². The van der Waals surface area contributed by atoms with Crippen LogP contribution in [0.2, 0.25) is 5.02 Å². The van der Waals surface area contributed by atoms with Crippen molar-refractivity contribution in [3.8, 4) is 0 Å². The van der Waals surface area contributed by atoms with Crippen LogP contribution in [0.1, 0.15) is 15.9 Å². The highest BCUT2D eigenvalue weighted by Gasteiger charge is 2.34. The number of hydrogen-bond acceptors (Lipinski definition) is 3. The molecule has 0 bridgehead atoms. The van der Waals surface area contributed by atoms with Gasteiger partial charge in [0, 0.05) is 12.1 Å². The van der Waals surface area contributed by atoms with Gasteiger partial charge in [0.05, 0.1) is 27.4 Å². The summed E-state index contributed by atoms with van der Waals surface area (Å²) in [5.41, 5.74) is -1.72. The summed E-state index contributed by atoms with van der Waals surface area (Å²) in [6, 6.07) is 16.2. The number of amides is 1. The normalized spacial score (nSPS) is 11.8. The first kappa shape index (κ1) is 22.6. The van der Waals surface area contributed by atoms with Crippen LogP contribution in [0.15, 0.2) is 77.7 Å². The summed E-state index contributed by atoms with van der Waals surface area (Å²) in [5, 5.41) is 2.07. The highest BCUT2D eigenvalue weighted by Crippen LogP contribution is 2.37. The molecule has 1 amide bonds. The minimum absolute atomic E-state index is 0.00442. The first-order valence-corrected chi connectivity index (χ1v) is 10.6. The number of carbonyl (C=O) groups is 1. The molecule has 0 atom stereocenters. The Morgan fingerprint density at radius 1 is 0.968 bits per heavy atom. The lowest BCUT2D eigenvalue weighted by atomic mass is 10.1. The monoisotopic (exact) mass is 468 g/mol. The fourth-order valence-corrected chi connectivity index (χ4v) is 4.28. The van der Waals surface area contributed by atoms with E-state index in [-0.39, 0.29) is 21.2 Å². The number of hydrogen-bond donors (Lipinski definition) is 1. The van der Waals surface area contributed by atoms with Crippen LogP contribution in [-0.2, 0) is 16.2 Å². The van der Waals surface area contributed by atoms with Crippen molar-refractivity contribution in [2.45, 2.75) is 11.1 Å². The average Bonchev–Trinajstić information content (AvgIpc) is 2.74. The van der Waals surface area contributed by atoms with Crippen LogP contribution in [0.4, 0.5) is 24.5 Å². The van der Waals surface area contributed by atoms with Crippen LogP contribution in [0.5, 0.6) is 0 Å². The van der Waals surface area contributed by atoms with Crippen molar-refractivity contribution in [3.63, 3.8) is 0 Å². The summed E-state index contributed by atoms with van der Waals surface area (Å²) in [5.74, 6) is -0.904. The van der Waals surface area contributed by atoms with Gasteiger partial charge in [-0.25, -0.2) is 8.42 Å². The second-order valence-corrected chi connectivity index (χ2v) is 8.85. The first-order valence-electron chi connectivity index (χ1n) is 8.83. The molecule has 0 aromatic heterocycles. The maximum absolute atomic E-state index is 13.3. The van der Waals surface area contributed by atoms with Gasteiger partial charge in [-0.15, -0.1) is 0 Å². The van der Waals surface area contributed by atoms with Crippen LogP contribution in [0, 0.1) is 0 Å². The van der Waals surface area contributed by atoms with Crippen molar-refractivity contribution < 1.29 is 26.4 Å². The number of nitrogens with one attached hydrogen (secondary N) is 1. The summed E-state index contributed by atoms with van der Waals surface area (Å²) < 4.78 is 66.8. The Balaban J connectivity index is 1.99. The van der Waals surface area contributed by atoms with E-state index in [1.807, 2.05) is 0 Å². The number of benzene rings is 3. The van der Waals surface area contributed by atoms with E-state index in [1.54, 1.807) is 18.2 Å². The van der Waals surface area contributed by atoms with Gasteiger partial charge in [-0.05, 0) is 42.5 Å². The van der Waals surface area contributed by atoms with E-state index < -0.39 is 33.4 Å². The smallest absolute Gasteiger partial charge is 0.321 e. The molecule has 3 rings (SSSR count). The van der Waals surface area contributed by atoms with Crippen LogP contribution in [0.3, 0.4) is 0 Å². The van der Waals surface area contributed by atoms with Gasteiger partial charge in [-0.1, -0.05) is 41.9 Å². The van der Waals surface area contributed by atoms with Crippen LogP contribution < -0.4 is 9.62 Å². The molecule has 0 heterocycles. The van der Waals surface area contributed by atoms with Crippen LogP contribution in [-0.4, -0.2) is 21.4 Å². The first-order chi connectivity index (χ1) is 14.5. The molecule has 0 spiro atoms. The highest BCUT2D eigenvalue weighted by atomic mass is 35.5. The van der Waals surface area contributed by atoms with Crippen LogP contribution >= 0.6 is 11.6 Å². The zero-order valence-electron chi connectivity index (χ0n) is 16.0. The molecule has 0 fully saturated rings. The topological polar surface area (TPSA) is 66.5 Å². The Bertz CT molecular complexity index is 1220. The maximum atomic E-state index is 13.3. The molecular formula is C21H16ClF3N2O3S. The Kier molecular flexibility index (Phi) is 6.28. The number of alkyl halides is 3. The lowest BCUT2D eigenvalue weighted by Crippen LogP contribution is -2.29. The van der Waals surface area contributed by atoms with Gasteiger partial charge in [0.2, 0.25) is 0 Å². The summed E-state index contributed by atoms with van der Waals surface area (Å²) in [7, 11) is -2.74. The molecule has 0 aliphatic rings. The number of halogens is 4. The van der Waals surface area contributed by atoms with Crippen molar-refractivity contribution in [1.29, 1.82) is 0 Å². The number of nitrogens with zero attached hydrogens (tertiary/aromatic N) is 1. The average molecular weight is 469 g/mol. The predicted octanol–water partition coefficient (Wildman–Crippen LogP) is 5.44. The summed E-state index contributed by atoms with van der Waals surface area (Å²) >= 11 is 5.67. The van der Waals surface area contributed by atoms with Gasteiger partial charge < -0.3 is 5.32 Å². The van der Waals surface area contributed by atoms with E-state index in [1.165, 1.54) is 49.5 Å². The van der Waals surface area contributed by atoms with Crippen molar-refractivity contribution in [2.24, 2.45) is 0 Å². The summed E-state index contributed by atoms with van der Waals surface area (Å²) in [4.78, 5) is 12.8.